The second kappa shape index (κ2) is 7.82. The fourth-order valence-corrected chi connectivity index (χ4v) is 4.91. The molecule has 3 aliphatic rings. The first-order valence-electron chi connectivity index (χ1n) is 11.0. The number of carbonyl (C=O) groups excluding carboxylic acids is 2. The van der Waals surface area contributed by atoms with Crippen LogP contribution in [0.3, 0.4) is 0 Å². The maximum atomic E-state index is 13.0. The number of nitrogens with zero attached hydrogens (tertiary/aromatic N) is 3. The van der Waals surface area contributed by atoms with Crippen LogP contribution in [0.1, 0.15) is 31.2 Å². The van der Waals surface area contributed by atoms with Crippen molar-refractivity contribution < 1.29 is 9.59 Å². The van der Waals surface area contributed by atoms with Gasteiger partial charge in [0, 0.05) is 56.4 Å². The van der Waals surface area contributed by atoms with Gasteiger partial charge in [0.2, 0.25) is 11.8 Å². The van der Waals surface area contributed by atoms with Crippen LogP contribution < -0.4 is 0 Å². The molecule has 3 heterocycles. The van der Waals surface area contributed by atoms with Crippen molar-refractivity contribution in [2.24, 2.45) is 5.92 Å². The maximum Gasteiger partial charge on any atom is 0.240 e. The van der Waals surface area contributed by atoms with E-state index < -0.39 is 0 Å². The van der Waals surface area contributed by atoms with Crippen LogP contribution in [0.25, 0.3) is 10.9 Å². The zero-order valence-corrected chi connectivity index (χ0v) is 17.0. The lowest BCUT2D eigenvalue weighted by atomic mass is 10.1. The van der Waals surface area contributed by atoms with Gasteiger partial charge in [-0.1, -0.05) is 18.2 Å². The Labute approximate surface area is 171 Å². The molecule has 0 bridgehead atoms. The molecule has 2 saturated heterocycles. The summed E-state index contributed by atoms with van der Waals surface area (Å²) in [4.78, 5) is 35.4. The highest BCUT2D eigenvalue weighted by Crippen LogP contribution is 2.32. The predicted molar refractivity (Wildman–Crippen MR) is 112 cm³/mol. The highest BCUT2D eigenvalue weighted by molar-refractivity contribution is 5.89. The SMILES string of the molecule is O=C(Cc1c[nH]c2ccccc12)N1CCCN(C2CCN(CC3CC3)C2=O)CC1. The summed E-state index contributed by atoms with van der Waals surface area (Å²) in [6.45, 7) is 5.06. The fourth-order valence-electron chi connectivity index (χ4n) is 4.91. The molecule has 1 aliphatic carbocycles. The molecule has 0 radical (unpaired) electrons. The Morgan fingerprint density at radius 1 is 1.03 bits per heavy atom. The van der Waals surface area contributed by atoms with E-state index in [4.69, 9.17) is 0 Å². The van der Waals surface area contributed by atoms with Gasteiger partial charge in [-0.15, -0.1) is 0 Å². The first-order chi connectivity index (χ1) is 14.2. The lowest BCUT2D eigenvalue weighted by molar-refractivity contribution is -0.132. The molecule has 2 amide bonds. The molecule has 2 aromatic rings. The Hall–Kier alpha value is -2.34. The minimum absolute atomic E-state index is 0.0254. The summed E-state index contributed by atoms with van der Waals surface area (Å²) < 4.78 is 0. The maximum absolute atomic E-state index is 13.0. The van der Waals surface area contributed by atoms with Crippen LogP contribution in [0, 0.1) is 5.92 Å². The molecule has 1 aromatic heterocycles. The normalized spacial score (nSPS) is 23.7. The number of H-pyrrole nitrogens is 1. The standard InChI is InChI=1S/C23H30N4O2/c28-22(14-18-15-24-20-5-2-1-4-19(18)20)26-10-3-9-25(12-13-26)21-8-11-27(23(21)29)16-17-6-7-17/h1-2,4-5,15,17,21,24H,3,6-14,16H2. The molecule has 2 aliphatic heterocycles. The summed E-state index contributed by atoms with van der Waals surface area (Å²) in [6, 6.07) is 8.15. The number of hydrogen-bond acceptors (Lipinski definition) is 3. The van der Waals surface area contributed by atoms with E-state index in [0.29, 0.717) is 18.9 Å². The van der Waals surface area contributed by atoms with E-state index in [1.54, 1.807) is 0 Å². The fraction of sp³-hybridized carbons (Fsp3) is 0.565. The van der Waals surface area contributed by atoms with Crippen LogP contribution in [0.5, 0.6) is 0 Å². The quantitative estimate of drug-likeness (QED) is 0.846. The third-order valence-corrected chi connectivity index (χ3v) is 6.79. The van der Waals surface area contributed by atoms with Crippen LogP contribution >= 0.6 is 0 Å². The van der Waals surface area contributed by atoms with Crippen LogP contribution in [0.15, 0.2) is 30.5 Å². The summed E-state index contributed by atoms with van der Waals surface area (Å²) in [5.41, 5.74) is 2.14. The van der Waals surface area contributed by atoms with Gasteiger partial charge >= 0.3 is 0 Å². The molecule has 1 aromatic carbocycles. The van der Waals surface area contributed by atoms with Crippen LogP contribution in [0.2, 0.25) is 0 Å². The summed E-state index contributed by atoms with van der Waals surface area (Å²) in [5.74, 6) is 1.25. The highest BCUT2D eigenvalue weighted by Gasteiger charge is 2.38. The molecule has 0 spiro atoms. The molecular formula is C23H30N4O2. The Morgan fingerprint density at radius 3 is 2.76 bits per heavy atom. The van der Waals surface area contributed by atoms with E-state index in [-0.39, 0.29) is 11.9 Å². The molecule has 154 valence electrons. The van der Waals surface area contributed by atoms with Crippen molar-refractivity contribution in [3.8, 4) is 0 Å². The van der Waals surface area contributed by atoms with E-state index in [1.807, 2.05) is 29.3 Å². The minimum atomic E-state index is 0.0254. The van der Waals surface area contributed by atoms with Gasteiger partial charge in [-0.2, -0.15) is 0 Å². The zero-order chi connectivity index (χ0) is 19.8. The summed E-state index contributed by atoms with van der Waals surface area (Å²) in [6.07, 6.45) is 6.83. The number of hydrogen-bond donors (Lipinski definition) is 1. The van der Waals surface area contributed by atoms with E-state index in [2.05, 4.69) is 20.9 Å². The first-order valence-corrected chi connectivity index (χ1v) is 11.0. The molecule has 1 N–H and O–H groups in total. The molecule has 6 nitrogen and oxygen atoms in total. The van der Waals surface area contributed by atoms with Crippen molar-refractivity contribution >= 4 is 22.7 Å². The lowest BCUT2D eigenvalue weighted by Crippen LogP contribution is -2.44. The second-order valence-corrected chi connectivity index (χ2v) is 8.84. The van der Waals surface area contributed by atoms with Gasteiger partial charge in [0.25, 0.3) is 0 Å². The third-order valence-electron chi connectivity index (χ3n) is 6.79. The number of aromatic nitrogens is 1. The Kier molecular flexibility index (Phi) is 5.04. The monoisotopic (exact) mass is 394 g/mol. The number of carbonyl (C=O) groups is 2. The Bertz CT molecular complexity index is 903. The van der Waals surface area contributed by atoms with Crippen LogP contribution in [0.4, 0.5) is 0 Å². The summed E-state index contributed by atoms with van der Waals surface area (Å²) >= 11 is 0. The summed E-state index contributed by atoms with van der Waals surface area (Å²) in [7, 11) is 0. The number of nitrogens with one attached hydrogen (secondary N) is 1. The number of likely N-dealkylation sites (tertiary alicyclic amines) is 1. The number of rotatable bonds is 5. The van der Waals surface area contributed by atoms with Gasteiger partial charge in [0.05, 0.1) is 12.5 Å². The average molecular weight is 395 g/mol. The number of amides is 2. The van der Waals surface area contributed by atoms with Crippen molar-refractivity contribution in [1.29, 1.82) is 0 Å². The molecule has 1 saturated carbocycles. The largest absolute Gasteiger partial charge is 0.361 e. The van der Waals surface area contributed by atoms with Gasteiger partial charge < -0.3 is 14.8 Å². The van der Waals surface area contributed by atoms with Crippen molar-refractivity contribution in [3.05, 3.63) is 36.0 Å². The van der Waals surface area contributed by atoms with Gasteiger partial charge in [-0.3, -0.25) is 14.5 Å². The third kappa shape index (κ3) is 3.90. The Balaban J connectivity index is 1.18. The predicted octanol–water partition coefficient (Wildman–Crippen LogP) is 2.26. The number of fused-ring (bicyclic) bond motifs is 1. The molecule has 1 atom stereocenters. The number of benzene rings is 1. The molecule has 29 heavy (non-hydrogen) atoms. The van der Waals surface area contributed by atoms with Crippen molar-refractivity contribution in [3.63, 3.8) is 0 Å². The van der Waals surface area contributed by atoms with E-state index in [0.717, 1.165) is 67.9 Å². The zero-order valence-electron chi connectivity index (χ0n) is 17.0. The van der Waals surface area contributed by atoms with Crippen molar-refractivity contribution in [2.75, 3.05) is 39.3 Å². The molecule has 5 rings (SSSR count). The van der Waals surface area contributed by atoms with Crippen LogP contribution in [-0.2, 0) is 16.0 Å². The second-order valence-electron chi connectivity index (χ2n) is 8.84. The smallest absolute Gasteiger partial charge is 0.240 e. The minimum Gasteiger partial charge on any atom is -0.361 e. The number of aromatic amines is 1. The van der Waals surface area contributed by atoms with Crippen molar-refractivity contribution in [1.82, 2.24) is 19.7 Å². The Morgan fingerprint density at radius 2 is 1.90 bits per heavy atom. The topological polar surface area (TPSA) is 59.7 Å². The van der Waals surface area contributed by atoms with Gasteiger partial charge in [-0.05, 0) is 43.2 Å². The lowest BCUT2D eigenvalue weighted by Gasteiger charge is -2.26. The number of para-hydroxylation sites is 1. The van der Waals surface area contributed by atoms with Gasteiger partial charge in [-0.25, -0.2) is 0 Å². The molecule has 1 unspecified atom stereocenters. The molecule has 3 fully saturated rings. The molecular weight excluding hydrogens is 364 g/mol. The first kappa shape index (κ1) is 18.7. The van der Waals surface area contributed by atoms with Gasteiger partial charge in [0.1, 0.15) is 0 Å². The van der Waals surface area contributed by atoms with E-state index in [9.17, 15) is 9.59 Å². The molecule has 6 heteroatoms. The average Bonchev–Trinajstić information content (AvgIpc) is 3.43. The van der Waals surface area contributed by atoms with Gasteiger partial charge in [0.15, 0.2) is 0 Å². The van der Waals surface area contributed by atoms with E-state index in [1.165, 1.54) is 12.8 Å². The summed E-state index contributed by atoms with van der Waals surface area (Å²) in [5, 5.41) is 1.13. The highest BCUT2D eigenvalue weighted by atomic mass is 16.2. The van der Waals surface area contributed by atoms with Crippen molar-refractivity contribution in [2.45, 2.75) is 38.1 Å². The van der Waals surface area contributed by atoms with Crippen LogP contribution in [-0.4, -0.2) is 76.8 Å². The van der Waals surface area contributed by atoms with E-state index >= 15 is 0 Å².